The summed E-state index contributed by atoms with van der Waals surface area (Å²) in [5, 5.41) is 12.1. The zero-order chi connectivity index (χ0) is 13.7. The van der Waals surface area contributed by atoms with Gasteiger partial charge < -0.3 is 15.3 Å². The van der Waals surface area contributed by atoms with E-state index in [2.05, 4.69) is 12.2 Å². The third-order valence-corrected chi connectivity index (χ3v) is 3.68. The summed E-state index contributed by atoms with van der Waals surface area (Å²) in [6.45, 7) is 6.61. The number of carboxylic acids is 1. The van der Waals surface area contributed by atoms with Gasteiger partial charge in [-0.3, -0.25) is 9.59 Å². The average Bonchev–Trinajstić information content (AvgIpc) is 2.34. The van der Waals surface area contributed by atoms with E-state index in [9.17, 15) is 9.59 Å². The van der Waals surface area contributed by atoms with E-state index >= 15 is 0 Å². The Labute approximate surface area is 109 Å². The highest BCUT2D eigenvalue weighted by Crippen LogP contribution is 2.18. The number of hydrogen-bond acceptors (Lipinski definition) is 3. The van der Waals surface area contributed by atoms with Crippen LogP contribution in [0.2, 0.25) is 0 Å². The van der Waals surface area contributed by atoms with Gasteiger partial charge in [-0.1, -0.05) is 13.8 Å². The summed E-state index contributed by atoms with van der Waals surface area (Å²) in [5.41, 5.74) is 0. The summed E-state index contributed by atoms with van der Waals surface area (Å²) in [6.07, 6.45) is 2.64. The zero-order valence-corrected chi connectivity index (χ0v) is 11.5. The smallest absolute Gasteiger partial charge is 0.323 e. The van der Waals surface area contributed by atoms with E-state index in [1.54, 1.807) is 0 Å². The Morgan fingerprint density at radius 2 is 2.17 bits per heavy atom. The topological polar surface area (TPSA) is 69.6 Å². The number of amides is 1. The third-order valence-electron chi connectivity index (χ3n) is 3.68. The molecule has 5 heteroatoms. The van der Waals surface area contributed by atoms with Crippen molar-refractivity contribution in [1.29, 1.82) is 0 Å². The van der Waals surface area contributed by atoms with Crippen molar-refractivity contribution in [2.75, 3.05) is 13.1 Å². The van der Waals surface area contributed by atoms with Crippen LogP contribution in [0.5, 0.6) is 0 Å². The molecule has 0 bridgehead atoms. The molecule has 3 atom stereocenters. The van der Waals surface area contributed by atoms with Crippen LogP contribution in [0.3, 0.4) is 0 Å². The van der Waals surface area contributed by atoms with Crippen molar-refractivity contribution in [2.45, 2.75) is 52.1 Å². The SMILES string of the molecule is CCC(C)N(CC(=O)O)C(=O)C1CC(C)CCN1. The van der Waals surface area contributed by atoms with Crippen LogP contribution in [-0.4, -0.2) is 47.1 Å². The van der Waals surface area contributed by atoms with Gasteiger partial charge in [0.2, 0.25) is 5.91 Å². The minimum Gasteiger partial charge on any atom is -0.480 e. The Morgan fingerprint density at radius 3 is 2.67 bits per heavy atom. The molecule has 1 heterocycles. The van der Waals surface area contributed by atoms with E-state index in [4.69, 9.17) is 5.11 Å². The number of nitrogens with zero attached hydrogens (tertiary/aromatic N) is 1. The second-order valence-electron chi connectivity index (χ2n) is 5.25. The van der Waals surface area contributed by atoms with Gasteiger partial charge in [-0.05, 0) is 38.6 Å². The van der Waals surface area contributed by atoms with Crippen molar-refractivity contribution in [1.82, 2.24) is 10.2 Å². The standard InChI is InChI=1S/C13H24N2O3/c1-4-10(3)15(8-12(16)17)13(18)11-7-9(2)5-6-14-11/h9-11,14H,4-8H2,1-3H3,(H,16,17). The number of aliphatic carboxylic acids is 1. The minimum absolute atomic E-state index is 0.0346. The van der Waals surface area contributed by atoms with Crippen molar-refractivity contribution < 1.29 is 14.7 Å². The molecule has 0 radical (unpaired) electrons. The molecule has 0 aromatic rings. The predicted molar refractivity (Wildman–Crippen MR) is 69.3 cm³/mol. The van der Waals surface area contributed by atoms with Crippen molar-refractivity contribution in [3.63, 3.8) is 0 Å². The molecule has 1 rings (SSSR count). The van der Waals surface area contributed by atoms with Crippen molar-refractivity contribution in [3.05, 3.63) is 0 Å². The summed E-state index contributed by atoms with van der Waals surface area (Å²) in [4.78, 5) is 24.7. The first-order valence-electron chi connectivity index (χ1n) is 6.71. The number of piperidine rings is 1. The van der Waals surface area contributed by atoms with Crippen LogP contribution in [0.1, 0.15) is 40.0 Å². The first-order chi connectivity index (χ1) is 8.45. The molecule has 1 amide bonds. The van der Waals surface area contributed by atoms with Gasteiger partial charge in [-0.15, -0.1) is 0 Å². The Morgan fingerprint density at radius 1 is 1.50 bits per heavy atom. The van der Waals surface area contributed by atoms with Gasteiger partial charge in [0.25, 0.3) is 0 Å². The van der Waals surface area contributed by atoms with Gasteiger partial charge in [-0.25, -0.2) is 0 Å². The fraction of sp³-hybridized carbons (Fsp3) is 0.846. The molecule has 0 aliphatic carbocycles. The molecule has 104 valence electrons. The van der Waals surface area contributed by atoms with Crippen molar-refractivity contribution >= 4 is 11.9 Å². The third kappa shape index (κ3) is 3.98. The Kier molecular flexibility index (Phi) is 5.59. The van der Waals surface area contributed by atoms with E-state index in [1.165, 1.54) is 4.90 Å². The minimum atomic E-state index is -0.951. The Bertz CT molecular complexity index is 307. The number of carbonyl (C=O) groups is 2. The van der Waals surface area contributed by atoms with E-state index in [0.29, 0.717) is 5.92 Å². The van der Waals surface area contributed by atoms with Crippen molar-refractivity contribution in [3.8, 4) is 0 Å². The number of nitrogens with one attached hydrogen (secondary N) is 1. The Hall–Kier alpha value is -1.10. The Balaban J connectivity index is 2.71. The monoisotopic (exact) mass is 256 g/mol. The number of carboxylic acid groups (broad SMARTS) is 1. The normalized spacial score (nSPS) is 25.5. The highest BCUT2D eigenvalue weighted by molar-refractivity contribution is 5.85. The van der Waals surface area contributed by atoms with E-state index < -0.39 is 5.97 Å². The second-order valence-corrected chi connectivity index (χ2v) is 5.25. The molecule has 0 saturated carbocycles. The maximum atomic E-state index is 12.4. The van der Waals surface area contributed by atoms with Crippen LogP contribution in [-0.2, 0) is 9.59 Å². The largest absolute Gasteiger partial charge is 0.480 e. The first-order valence-corrected chi connectivity index (χ1v) is 6.71. The molecule has 3 unspecified atom stereocenters. The lowest BCUT2D eigenvalue weighted by Gasteiger charge is -2.34. The summed E-state index contributed by atoms with van der Waals surface area (Å²) in [5.74, 6) is -0.505. The number of rotatable bonds is 5. The maximum Gasteiger partial charge on any atom is 0.323 e. The molecule has 18 heavy (non-hydrogen) atoms. The molecule has 1 aliphatic rings. The molecule has 0 aromatic heterocycles. The van der Waals surface area contributed by atoms with Crippen LogP contribution in [0.4, 0.5) is 0 Å². The molecular formula is C13H24N2O3. The predicted octanol–water partition coefficient (Wildman–Crippen LogP) is 1.09. The van der Waals surface area contributed by atoms with Gasteiger partial charge in [0.15, 0.2) is 0 Å². The summed E-state index contributed by atoms with van der Waals surface area (Å²) >= 11 is 0. The molecule has 2 N–H and O–H groups in total. The highest BCUT2D eigenvalue weighted by atomic mass is 16.4. The zero-order valence-electron chi connectivity index (χ0n) is 11.5. The molecule has 1 fully saturated rings. The summed E-state index contributed by atoms with van der Waals surface area (Å²) < 4.78 is 0. The van der Waals surface area contributed by atoms with E-state index in [1.807, 2.05) is 13.8 Å². The van der Waals surface area contributed by atoms with Crippen LogP contribution in [0.25, 0.3) is 0 Å². The molecule has 1 saturated heterocycles. The number of hydrogen-bond donors (Lipinski definition) is 2. The van der Waals surface area contributed by atoms with Gasteiger partial charge in [0, 0.05) is 6.04 Å². The van der Waals surface area contributed by atoms with E-state index in [-0.39, 0.29) is 24.5 Å². The fourth-order valence-corrected chi connectivity index (χ4v) is 2.31. The lowest BCUT2D eigenvalue weighted by Crippen LogP contribution is -2.53. The molecule has 0 aromatic carbocycles. The number of carbonyl (C=O) groups excluding carboxylic acids is 1. The first kappa shape index (κ1) is 15.0. The van der Waals surface area contributed by atoms with Crippen LogP contribution in [0.15, 0.2) is 0 Å². The average molecular weight is 256 g/mol. The summed E-state index contributed by atoms with van der Waals surface area (Å²) in [6, 6.07) is -0.255. The molecular weight excluding hydrogens is 232 g/mol. The van der Waals surface area contributed by atoms with Gasteiger partial charge in [-0.2, -0.15) is 0 Å². The highest BCUT2D eigenvalue weighted by Gasteiger charge is 2.31. The van der Waals surface area contributed by atoms with Crippen LogP contribution >= 0.6 is 0 Å². The molecule has 1 aliphatic heterocycles. The molecule has 0 spiro atoms. The lowest BCUT2D eigenvalue weighted by molar-refractivity contribution is -0.147. The van der Waals surface area contributed by atoms with Gasteiger partial charge >= 0.3 is 5.97 Å². The quantitative estimate of drug-likeness (QED) is 0.772. The van der Waals surface area contributed by atoms with Crippen LogP contribution in [0, 0.1) is 5.92 Å². The fourth-order valence-electron chi connectivity index (χ4n) is 2.31. The van der Waals surface area contributed by atoms with E-state index in [0.717, 1.165) is 25.8 Å². The maximum absolute atomic E-state index is 12.4. The molecule has 5 nitrogen and oxygen atoms in total. The van der Waals surface area contributed by atoms with Crippen molar-refractivity contribution in [2.24, 2.45) is 5.92 Å². The van der Waals surface area contributed by atoms with Crippen LogP contribution < -0.4 is 5.32 Å². The van der Waals surface area contributed by atoms with Gasteiger partial charge in [0.05, 0.1) is 6.04 Å². The van der Waals surface area contributed by atoms with Gasteiger partial charge in [0.1, 0.15) is 6.54 Å². The summed E-state index contributed by atoms with van der Waals surface area (Å²) in [7, 11) is 0. The lowest BCUT2D eigenvalue weighted by atomic mass is 9.93. The second kappa shape index (κ2) is 6.73.